The molecule has 0 saturated carbocycles. The molecule has 0 unspecified atom stereocenters. The van der Waals surface area contributed by atoms with Crippen molar-refractivity contribution in [1.82, 2.24) is 9.78 Å². The predicted octanol–water partition coefficient (Wildman–Crippen LogP) is 3.68. The fourth-order valence-electron chi connectivity index (χ4n) is 2.73. The molecule has 142 valence electrons. The Morgan fingerprint density at radius 2 is 1.68 bits per heavy atom. The number of amides is 1. The van der Waals surface area contributed by atoms with Crippen LogP contribution in [-0.2, 0) is 14.3 Å². The first-order valence-corrected chi connectivity index (χ1v) is 8.86. The van der Waals surface area contributed by atoms with Crippen LogP contribution in [0.25, 0.3) is 11.8 Å². The Kier molecular flexibility index (Phi) is 6.01. The quantitative estimate of drug-likeness (QED) is 0.527. The second-order valence-corrected chi connectivity index (χ2v) is 6.19. The van der Waals surface area contributed by atoms with E-state index in [4.69, 9.17) is 4.74 Å². The fourth-order valence-corrected chi connectivity index (χ4v) is 2.73. The first kappa shape index (κ1) is 19.1. The van der Waals surface area contributed by atoms with Gasteiger partial charge in [-0.15, -0.1) is 0 Å². The van der Waals surface area contributed by atoms with Crippen LogP contribution in [0.1, 0.15) is 17.0 Å². The van der Waals surface area contributed by atoms with Crippen LogP contribution in [0.15, 0.2) is 66.7 Å². The number of rotatable bonds is 6. The summed E-state index contributed by atoms with van der Waals surface area (Å²) in [5.74, 6) is -0.993. The number of carbonyl (C=O) groups is 2. The van der Waals surface area contributed by atoms with Gasteiger partial charge < -0.3 is 10.1 Å². The van der Waals surface area contributed by atoms with Crippen molar-refractivity contribution in [2.75, 3.05) is 11.9 Å². The zero-order chi connectivity index (χ0) is 19.9. The summed E-state index contributed by atoms with van der Waals surface area (Å²) in [6, 6.07) is 19.0. The molecule has 0 aliphatic carbocycles. The van der Waals surface area contributed by atoms with Gasteiger partial charge in [-0.3, -0.25) is 4.79 Å². The van der Waals surface area contributed by atoms with Gasteiger partial charge >= 0.3 is 5.97 Å². The highest BCUT2D eigenvalue weighted by atomic mass is 16.5. The van der Waals surface area contributed by atoms with E-state index in [-0.39, 0.29) is 6.61 Å². The number of benzene rings is 2. The molecule has 1 amide bonds. The number of aromatic nitrogens is 2. The number of aryl methyl sites for hydroxylation is 1. The zero-order valence-corrected chi connectivity index (χ0v) is 15.8. The molecule has 1 aromatic heterocycles. The molecule has 1 N–H and O–H groups in total. The molecule has 3 rings (SSSR count). The van der Waals surface area contributed by atoms with Gasteiger partial charge in [-0.05, 0) is 37.6 Å². The van der Waals surface area contributed by atoms with E-state index in [0.29, 0.717) is 11.4 Å². The van der Waals surface area contributed by atoms with E-state index in [0.717, 1.165) is 16.9 Å². The van der Waals surface area contributed by atoms with E-state index >= 15 is 0 Å². The van der Waals surface area contributed by atoms with Gasteiger partial charge in [0.15, 0.2) is 6.61 Å². The summed E-state index contributed by atoms with van der Waals surface area (Å²) in [6.45, 7) is 3.32. The van der Waals surface area contributed by atoms with Crippen molar-refractivity contribution in [3.8, 4) is 5.69 Å². The summed E-state index contributed by atoms with van der Waals surface area (Å²) in [6.07, 6.45) is 2.94. The van der Waals surface area contributed by atoms with Gasteiger partial charge in [-0.1, -0.05) is 48.5 Å². The highest BCUT2D eigenvalue weighted by Gasteiger charge is 2.15. The standard InChI is InChI=1S/C22H21N3O3/c1-16-22(17(2)25(24-16)19-11-7-4-8-12-19)23-20(26)15-28-21(27)14-13-18-9-5-3-6-10-18/h3-14H,15H2,1-2H3,(H,23,26)/b14-13+. The van der Waals surface area contributed by atoms with Crippen molar-refractivity contribution in [2.24, 2.45) is 0 Å². The molecule has 0 spiro atoms. The first-order chi connectivity index (χ1) is 13.5. The Morgan fingerprint density at radius 1 is 1.04 bits per heavy atom. The summed E-state index contributed by atoms with van der Waals surface area (Å²) in [5.41, 5.74) is 3.88. The van der Waals surface area contributed by atoms with E-state index in [9.17, 15) is 9.59 Å². The monoisotopic (exact) mass is 375 g/mol. The molecule has 0 fully saturated rings. The number of ether oxygens (including phenoxy) is 1. The van der Waals surface area contributed by atoms with E-state index in [2.05, 4.69) is 10.4 Å². The van der Waals surface area contributed by atoms with E-state index in [1.807, 2.05) is 74.5 Å². The molecule has 0 aliphatic rings. The van der Waals surface area contributed by atoms with Crippen LogP contribution in [0.5, 0.6) is 0 Å². The maximum atomic E-state index is 12.2. The van der Waals surface area contributed by atoms with Gasteiger partial charge in [0.1, 0.15) is 0 Å². The molecule has 6 heteroatoms. The third-order valence-electron chi connectivity index (χ3n) is 4.11. The smallest absolute Gasteiger partial charge is 0.331 e. The third kappa shape index (κ3) is 4.73. The lowest BCUT2D eigenvalue weighted by molar-refractivity contribution is -0.142. The molecule has 2 aromatic carbocycles. The Hall–Kier alpha value is -3.67. The lowest BCUT2D eigenvalue weighted by Gasteiger charge is -2.07. The molecule has 28 heavy (non-hydrogen) atoms. The van der Waals surface area contributed by atoms with Gasteiger partial charge in [-0.2, -0.15) is 5.10 Å². The van der Waals surface area contributed by atoms with E-state index in [1.54, 1.807) is 10.8 Å². The van der Waals surface area contributed by atoms with Crippen LogP contribution in [-0.4, -0.2) is 28.3 Å². The second-order valence-electron chi connectivity index (χ2n) is 6.19. The number of esters is 1. The van der Waals surface area contributed by atoms with Gasteiger partial charge in [0.25, 0.3) is 5.91 Å². The minimum absolute atomic E-state index is 0.368. The van der Waals surface area contributed by atoms with Gasteiger partial charge in [0.05, 0.1) is 22.8 Å². The number of carbonyl (C=O) groups excluding carboxylic acids is 2. The summed E-state index contributed by atoms with van der Waals surface area (Å²) in [7, 11) is 0. The highest BCUT2D eigenvalue weighted by molar-refractivity contribution is 5.95. The minimum Gasteiger partial charge on any atom is -0.452 e. The maximum Gasteiger partial charge on any atom is 0.331 e. The lowest BCUT2D eigenvalue weighted by atomic mass is 10.2. The largest absolute Gasteiger partial charge is 0.452 e. The minimum atomic E-state index is -0.576. The van der Waals surface area contributed by atoms with Crippen LogP contribution in [0, 0.1) is 13.8 Å². The van der Waals surface area contributed by atoms with Crippen molar-refractivity contribution in [3.05, 3.63) is 83.7 Å². The van der Waals surface area contributed by atoms with Crippen LogP contribution >= 0.6 is 0 Å². The van der Waals surface area contributed by atoms with Crippen LogP contribution in [0.2, 0.25) is 0 Å². The van der Waals surface area contributed by atoms with E-state index < -0.39 is 11.9 Å². The summed E-state index contributed by atoms with van der Waals surface area (Å²) in [4.78, 5) is 24.0. The van der Waals surface area contributed by atoms with Crippen LogP contribution in [0.3, 0.4) is 0 Å². The summed E-state index contributed by atoms with van der Waals surface area (Å²) < 4.78 is 6.77. The third-order valence-corrected chi connectivity index (χ3v) is 4.11. The zero-order valence-electron chi connectivity index (χ0n) is 15.8. The van der Waals surface area contributed by atoms with Crippen molar-refractivity contribution < 1.29 is 14.3 Å². The molecule has 0 radical (unpaired) electrons. The molecular formula is C22H21N3O3. The normalized spacial score (nSPS) is 10.8. The van der Waals surface area contributed by atoms with Gasteiger partial charge in [0, 0.05) is 6.08 Å². The number of anilines is 1. The molecule has 0 aliphatic heterocycles. The summed E-state index contributed by atoms with van der Waals surface area (Å²) >= 11 is 0. The number of hydrogen-bond donors (Lipinski definition) is 1. The molecule has 1 heterocycles. The van der Waals surface area contributed by atoms with Crippen molar-refractivity contribution in [1.29, 1.82) is 0 Å². The fraction of sp³-hybridized carbons (Fsp3) is 0.136. The molecule has 3 aromatic rings. The Bertz CT molecular complexity index is 993. The van der Waals surface area contributed by atoms with Crippen molar-refractivity contribution in [3.63, 3.8) is 0 Å². The molecule has 6 nitrogen and oxygen atoms in total. The Labute approximate surface area is 163 Å². The average Bonchev–Trinajstić information content (AvgIpc) is 3.00. The topological polar surface area (TPSA) is 73.2 Å². The molecule has 0 atom stereocenters. The number of nitrogens with zero attached hydrogens (tertiary/aromatic N) is 2. The van der Waals surface area contributed by atoms with Crippen molar-refractivity contribution >= 4 is 23.6 Å². The first-order valence-electron chi connectivity index (χ1n) is 8.86. The Morgan fingerprint density at radius 3 is 2.36 bits per heavy atom. The van der Waals surface area contributed by atoms with Gasteiger partial charge in [-0.25, -0.2) is 9.48 Å². The van der Waals surface area contributed by atoms with Crippen molar-refractivity contribution in [2.45, 2.75) is 13.8 Å². The SMILES string of the molecule is Cc1nn(-c2ccccc2)c(C)c1NC(=O)COC(=O)/C=C/c1ccccc1. The maximum absolute atomic E-state index is 12.2. The number of hydrogen-bond acceptors (Lipinski definition) is 4. The Balaban J connectivity index is 1.59. The molecule has 0 bridgehead atoms. The predicted molar refractivity (Wildman–Crippen MR) is 108 cm³/mol. The molecule has 0 saturated heterocycles. The van der Waals surface area contributed by atoms with Crippen LogP contribution < -0.4 is 5.32 Å². The second kappa shape index (κ2) is 8.81. The van der Waals surface area contributed by atoms with Gasteiger partial charge in [0.2, 0.25) is 0 Å². The number of para-hydroxylation sites is 1. The van der Waals surface area contributed by atoms with Crippen LogP contribution in [0.4, 0.5) is 5.69 Å². The molecular weight excluding hydrogens is 354 g/mol. The number of nitrogens with one attached hydrogen (secondary N) is 1. The highest BCUT2D eigenvalue weighted by Crippen LogP contribution is 2.22. The lowest BCUT2D eigenvalue weighted by Crippen LogP contribution is -2.20. The average molecular weight is 375 g/mol. The van der Waals surface area contributed by atoms with E-state index in [1.165, 1.54) is 6.08 Å². The summed E-state index contributed by atoms with van der Waals surface area (Å²) in [5, 5.41) is 7.25.